The maximum atomic E-state index is 14.4. The van der Waals surface area contributed by atoms with E-state index in [4.69, 9.17) is 4.74 Å². The zero-order chi connectivity index (χ0) is 36.1. The molecule has 1 amide bonds. The molecule has 2 unspecified atom stereocenters. The van der Waals surface area contributed by atoms with Crippen molar-refractivity contribution in [3.63, 3.8) is 0 Å². The van der Waals surface area contributed by atoms with Crippen molar-refractivity contribution >= 4 is 54.4 Å². The number of hydrogen-bond donors (Lipinski definition) is 1. The summed E-state index contributed by atoms with van der Waals surface area (Å²) in [6.07, 6.45) is -0.480. The van der Waals surface area contributed by atoms with Crippen LogP contribution in [0.1, 0.15) is 57.6 Å². The average Bonchev–Trinajstić information content (AvgIpc) is 3.87. The van der Waals surface area contributed by atoms with Gasteiger partial charge >= 0.3 is 18.0 Å². The molecule has 280 valence electrons. The van der Waals surface area contributed by atoms with E-state index < -0.39 is 87.9 Å². The summed E-state index contributed by atoms with van der Waals surface area (Å²) < 4.78 is 69.9. The summed E-state index contributed by atoms with van der Waals surface area (Å²) in [4.78, 5) is 61.4. The van der Waals surface area contributed by atoms with Gasteiger partial charge in [0.1, 0.15) is 41.7 Å². The molecule has 51 heavy (non-hydrogen) atoms. The Kier molecular flexibility index (Phi) is 12.6. The molecule has 2 heterocycles. The number of nitrogens with zero attached hydrogens (tertiary/aromatic N) is 1. The first-order valence-electron chi connectivity index (χ1n) is 15.8. The van der Waals surface area contributed by atoms with Crippen LogP contribution < -0.4 is 5.32 Å². The summed E-state index contributed by atoms with van der Waals surface area (Å²) in [5.41, 5.74) is -1.73. The van der Waals surface area contributed by atoms with Crippen molar-refractivity contribution in [2.24, 2.45) is 11.8 Å². The largest absolute Gasteiger partial charge is 0.469 e. The number of piperidine rings is 2. The van der Waals surface area contributed by atoms with Crippen molar-refractivity contribution in [2.45, 2.75) is 75.0 Å². The summed E-state index contributed by atoms with van der Waals surface area (Å²) in [7, 11) is 2.39. The van der Waals surface area contributed by atoms with Crippen LogP contribution in [0.5, 0.6) is 0 Å². The SMILES string of the molecule is COC(=O)CC(=O)C1NC[C@@]2(c3cc(F)ccc3F)C[C@@H]12.COC(=O)CC(=O)C1[C@@H]2C[C@]2(c2cc(F)ccc2F)CN1C(=O)OC(C)(C)C.Cl.Cl. The number of methoxy groups -OCH3 is 2. The Morgan fingerprint density at radius 3 is 1.76 bits per heavy atom. The fraction of sp³-hybridized carbons (Fsp3) is 0.514. The first-order chi connectivity index (χ1) is 23.0. The molecule has 4 aliphatic rings. The second kappa shape index (κ2) is 15.5. The van der Waals surface area contributed by atoms with Crippen LogP contribution >= 0.6 is 24.8 Å². The second-order valence-electron chi connectivity index (χ2n) is 14.0. The Hall–Kier alpha value is -3.75. The van der Waals surface area contributed by atoms with Gasteiger partial charge in [0.15, 0.2) is 11.6 Å². The highest BCUT2D eigenvalue weighted by atomic mass is 35.5. The summed E-state index contributed by atoms with van der Waals surface area (Å²) in [5, 5.41) is 3.02. The molecular weight excluding hydrogens is 723 g/mol. The van der Waals surface area contributed by atoms with Gasteiger partial charge < -0.3 is 19.5 Å². The number of rotatable bonds is 8. The summed E-state index contributed by atoms with van der Waals surface area (Å²) in [5.74, 6) is -4.70. The van der Waals surface area contributed by atoms with Gasteiger partial charge in [-0.05, 0) is 93.0 Å². The van der Waals surface area contributed by atoms with Crippen molar-refractivity contribution in [1.29, 1.82) is 0 Å². The van der Waals surface area contributed by atoms with E-state index in [1.165, 1.54) is 25.2 Å². The van der Waals surface area contributed by atoms with Gasteiger partial charge in [-0.3, -0.25) is 24.1 Å². The van der Waals surface area contributed by atoms with E-state index in [1.54, 1.807) is 20.8 Å². The minimum absolute atomic E-state index is 0. The quantitative estimate of drug-likeness (QED) is 0.168. The number of ether oxygens (including phenoxy) is 3. The smallest absolute Gasteiger partial charge is 0.410 e. The molecule has 0 bridgehead atoms. The van der Waals surface area contributed by atoms with Crippen molar-refractivity contribution < 1.29 is 55.7 Å². The molecule has 2 aromatic rings. The molecule has 0 radical (unpaired) electrons. The van der Waals surface area contributed by atoms with E-state index >= 15 is 0 Å². The van der Waals surface area contributed by atoms with E-state index in [2.05, 4.69) is 14.8 Å². The topological polar surface area (TPSA) is 128 Å². The summed E-state index contributed by atoms with van der Waals surface area (Å²) >= 11 is 0. The number of ketones is 2. The Morgan fingerprint density at radius 2 is 1.27 bits per heavy atom. The minimum Gasteiger partial charge on any atom is -0.469 e. The molecule has 16 heteroatoms. The Labute approximate surface area is 304 Å². The lowest BCUT2D eigenvalue weighted by Gasteiger charge is -2.30. The molecule has 2 saturated carbocycles. The van der Waals surface area contributed by atoms with Gasteiger partial charge in [0, 0.05) is 23.9 Å². The Bertz CT molecular complexity index is 1710. The van der Waals surface area contributed by atoms with Crippen LogP contribution in [0.3, 0.4) is 0 Å². The lowest BCUT2D eigenvalue weighted by molar-refractivity contribution is -0.145. The van der Waals surface area contributed by atoms with E-state index in [0.29, 0.717) is 24.9 Å². The van der Waals surface area contributed by atoms with Crippen molar-refractivity contribution in [3.8, 4) is 0 Å². The fourth-order valence-electron chi connectivity index (χ4n) is 7.39. The van der Waals surface area contributed by atoms with Gasteiger partial charge in [-0.15, -0.1) is 24.8 Å². The second-order valence-corrected chi connectivity index (χ2v) is 14.0. The first kappa shape index (κ1) is 41.7. The van der Waals surface area contributed by atoms with Gasteiger partial charge in [0.25, 0.3) is 0 Å². The Balaban J connectivity index is 0.000000274. The maximum Gasteiger partial charge on any atom is 0.410 e. The lowest BCUT2D eigenvalue weighted by Crippen LogP contribution is -2.46. The van der Waals surface area contributed by atoms with Crippen LogP contribution in [0.4, 0.5) is 22.4 Å². The van der Waals surface area contributed by atoms with E-state index in [0.717, 1.165) is 30.3 Å². The summed E-state index contributed by atoms with van der Waals surface area (Å²) in [6.45, 7) is 5.50. The molecule has 10 nitrogen and oxygen atoms in total. The molecule has 4 fully saturated rings. The van der Waals surface area contributed by atoms with E-state index in [9.17, 15) is 41.5 Å². The van der Waals surface area contributed by atoms with Gasteiger partial charge in [0.2, 0.25) is 0 Å². The number of benzene rings is 2. The molecule has 2 aliphatic carbocycles. The molecule has 6 rings (SSSR count). The molecule has 1 N–H and O–H groups in total. The van der Waals surface area contributed by atoms with Crippen LogP contribution in [0.25, 0.3) is 0 Å². The fourth-order valence-corrected chi connectivity index (χ4v) is 7.39. The van der Waals surface area contributed by atoms with Crippen molar-refractivity contribution in [2.75, 3.05) is 27.3 Å². The number of hydrogen-bond acceptors (Lipinski definition) is 9. The van der Waals surface area contributed by atoms with E-state index in [1.807, 2.05) is 0 Å². The van der Waals surface area contributed by atoms with Crippen LogP contribution in [0, 0.1) is 35.1 Å². The number of carbonyl (C=O) groups excluding carboxylic acids is 5. The van der Waals surface area contributed by atoms with Gasteiger partial charge in [0.05, 0.1) is 26.3 Å². The third-order valence-electron chi connectivity index (χ3n) is 9.80. The number of Topliss-reactive ketones (excluding diaryl/α,β-unsaturated/α-hetero) is 2. The predicted molar refractivity (Wildman–Crippen MR) is 179 cm³/mol. The number of likely N-dealkylation sites (tertiary alicyclic amines) is 1. The molecule has 6 atom stereocenters. The number of halogens is 6. The standard InChI is InChI=1S/C20H23F2NO5.C15H15F2NO3.2ClH/c1-19(2,3)28-18(26)23-10-20(12-7-11(21)5-6-14(12)22)9-13(20)17(23)15(24)8-16(25)27-4;1-21-13(20)5-12(19)14-10-6-15(10,7-18-14)9-4-8(16)2-3-11(9)17;;/h5-7,13,17H,8-10H2,1-4H3;2-4,10,14,18H,5-7H2,1H3;2*1H/t13-,17?,20+;10-,14?,15+;;/m00../s1. The van der Waals surface area contributed by atoms with Gasteiger partial charge in [-0.1, -0.05) is 0 Å². The normalized spacial score (nSPS) is 26.5. The minimum atomic E-state index is -0.948. The predicted octanol–water partition coefficient (Wildman–Crippen LogP) is 5.14. The maximum absolute atomic E-state index is 14.4. The van der Waals surface area contributed by atoms with Gasteiger partial charge in [-0.25, -0.2) is 22.4 Å². The summed E-state index contributed by atoms with van der Waals surface area (Å²) in [6, 6.07) is 5.11. The third-order valence-corrected chi connectivity index (χ3v) is 9.80. The van der Waals surface area contributed by atoms with Crippen LogP contribution in [0.15, 0.2) is 36.4 Å². The molecular formula is C35H40Cl2F4N2O8. The van der Waals surface area contributed by atoms with Crippen LogP contribution in [-0.4, -0.2) is 79.5 Å². The third kappa shape index (κ3) is 8.33. The number of esters is 2. The van der Waals surface area contributed by atoms with Crippen LogP contribution in [-0.2, 0) is 44.2 Å². The average molecular weight is 764 g/mol. The number of fused-ring (bicyclic) bond motifs is 2. The van der Waals surface area contributed by atoms with E-state index in [-0.39, 0.29) is 55.0 Å². The molecule has 2 saturated heterocycles. The number of carbonyl (C=O) groups is 5. The first-order valence-corrected chi connectivity index (χ1v) is 15.8. The highest BCUT2D eigenvalue weighted by Gasteiger charge is 2.69. The highest BCUT2D eigenvalue weighted by Crippen LogP contribution is 2.63. The zero-order valence-electron chi connectivity index (χ0n) is 28.6. The monoisotopic (exact) mass is 762 g/mol. The number of amides is 1. The lowest BCUT2D eigenvalue weighted by atomic mass is 9.93. The van der Waals surface area contributed by atoms with Crippen molar-refractivity contribution in [3.05, 3.63) is 70.8 Å². The van der Waals surface area contributed by atoms with Crippen molar-refractivity contribution in [1.82, 2.24) is 10.2 Å². The molecule has 2 aromatic carbocycles. The zero-order valence-corrected chi connectivity index (χ0v) is 30.2. The van der Waals surface area contributed by atoms with Crippen LogP contribution in [0.2, 0.25) is 0 Å². The molecule has 0 spiro atoms. The number of nitrogens with one attached hydrogen (secondary N) is 1. The molecule has 0 aromatic heterocycles. The highest BCUT2D eigenvalue weighted by molar-refractivity contribution is 6.01. The Morgan fingerprint density at radius 1 is 0.784 bits per heavy atom. The molecule has 2 aliphatic heterocycles. The van der Waals surface area contributed by atoms with Gasteiger partial charge in [-0.2, -0.15) is 0 Å².